The number of rotatable bonds is 4. The second kappa shape index (κ2) is 4.95. The Kier molecular flexibility index (Phi) is 3.83. The van der Waals surface area contributed by atoms with Crippen LogP contribution >= 0.6 is 0 Å². The van der Waals surface area contributed by atoms with E-state index in [2.05, 4.69) is 0 Å². The van der Waals surface area contributed by atoms with Crippen molar-refractivity contribution in [3.05, 3.63) is 23.8 Å². The highest BCUT2D eigenvalue weighted by atomic mass is 32.2. The maximum atomic E-state index is 11.1. The largest absolute Gasteiger partial charge is 0.368 e. The van der Waals surface area contributed by atoms with Gasteiger partial charge in [0.1, 0.15) is 17.3 Å². The van der Waals surface area contributed by atoms with Gasteiger partial charge in [0.2, 0.25) is 0 Å². The fourth-order valence-electron chi connectivity index (χ4n) is 1.27. The van der Waals surface area contributed by atoms with Crippen LogP contribution in [0.5, 0.6) is 0 Å². The van der Waals surface area contributed by atoms with E-state index in [4.69, 9.17) is 9.81 Å². The summed E-state index contributed by atoms with van der Waals surface area (Å²) in [5.41, 5.74) is 0.277. The number of hydrogen-bond acceptors (Lipinski definition) is 5. The van der Waals surface area contributed by atoms with Crippen molar-refractivity contribution < 1.29 is 17.8 Å². The molecule has 1 N–H and O–H groups in total. The van der Waals surface area contributed by atoms with E-state index in [1.807, 2.05) is 0 Å². The molecule has 1 aromatic rings. The molecule has 1 aromatic carbocycles. The number of carbonyl (C=O) groups excluding carboxylic acids is 1. The summed E-state index contributed by atoms with van der Waals surface area (Å²) in [6.45, 7) is 0.0802. The second-order valence-electron chi connectivity index (χ2n) is 3.31. The lowest BCUT2D eigenvalue weighted by Crippen LogP contribution is -2.19. The summed E-state index contributed by atoms with van der Waals surface area (Å²) in [6.07, 6.45) is 0.658. The molecule has 0 aromatic heterocycles. The zero-order chi connectivity index (χ0) is 13.1. The Morgan fingerprint density at radius 3 is 2.65 bits per heavy atom. The van der Waals surface area contributed by atoms with Crippen LogP contribution in [0.2, 0.25) is 0 Å². The molecule has 0 aliphatic carbocycles. The van der Waals surface area contributed by atoms with Gasteiger partial charge in [0.15, 0.2) is 0 Å². The minimum Gasteiger partial charge on any atom is -0.368 e. The Balaban J connectivity index is 3.34. The van der Waals surface area contributed by atoms with Crippen molar-refractivity contribution in [2.24, 2.45) is 0 Å². The molecule has 0 atom stereocenters. The van der Waals surface area contributed by atoms with E-state index in [0.29, 0.717) is 12.0 Å². The second-order valence-corrected chi connectivity index (χ2v) is 4.70. The van der Waals surface area contributed by atoms with Crippen LogP contribution < -0.4 is 4.90 Å². The molecular weight excluding hydrogens is 244 g/mol. The fourth-order valence-corrected chi connectivity index (χ4v) is 1.93. The predicted molar refractivity (Wildman–Crippen MR) is 60.3 cm³/mol. The number of carbonyl (C=O) groups is 1. The molecular formula is C10H10N2O4S. The maximum Gasteiger partial charge on any atom is 0.295 e. The Hall–Kier alpha value is -1.91. The molecule has 6 nitrogen and oxygen atoms in total. The molecule has 0 saturated heterocycles. The van der Waals surface area contributed by atoms with E-state index in [1.165, 1.54) is 17.0 Å². The molecule has 1 rings (SSSR count). The fraction of sp³-hybridized carbons (Fsp3) is 0.200. The molecule has 0 heterocycles. The molecule has 7 heteroatoms. The van der Waals surface area contributed by atoms with E-state index in [-0.39, 0.29) is 12.1 Å². The molecule has 0 spiro atoms. The first-order valence-electron chi connectivity index (χ1n) is 4.56. The summed E-state index contributed by atoms with van der Waals surface area (Å²) in [6, 6.07) is 5.60. The third kappa shape index (κ3) is 3.03. The Bertz CT molecular complexity index is 574. The van der Waals surface area contributed by atoms with E-state index in [0.717, 1.165) is 6.07 Å². The highest BCUT2D eigenvalue weighted by Crippen LogP contribution is 2.22. The summed E-state index contributed by atoms with van der Waals surface area (Å²) in [4.78, 5) is 11.4. The van der Waals surface area contributed by atoms with Crippen molar-refractivity contribution in [3.8, 4) is 6.07 Å². The zero-order valence-corrected chi connectivity index (χ0v) is 9.81. The molecule has 17 heavy (non-hydrogen) atoms. The third-order valence-corrected chi connectivity index (χ3v) is 3.05. The first-order valence-corrected chi connectivity index (χ1v) is 6.00. The molecule has 0 aliphatic rings. The summed E-state index contributed by atoms with van der Waals surface area (Å²) in [5, 5.41) is 8.72. The monoisotopic (exact) mass is 254 g/mol. The average Bonchev–Trinajstić information content (AvgIpc) is 2.27. The highest BCUT2D eigenvalue weighted by Gasteiger charge is 2.17. The van der Waals surface area contributed by atoms with Crippen LogP contribution in [0.15, 0.2) is 23.1 Å². The molecule has 0 radical (unpaired) electrons. The smallest absolute Gasteiger partial charge is 0.295 e. The van der Waals surface area contributed by atoms with Gasteiger partial charge >= 0.3 is 0 Å². The predicted octanol–water partition coefficient (Wildman–Crippen LogP) is 0.440. The first kappa shape index (κ1) is 13.2. The van der Waals surface area contributed by atoms with Crippen LogP contribution in [0.4, 0.5) is 5.69 Å². The number of benzene rings is 1. The normalized spacial score (nSPS) is 10.6. The van der Waals surface area contributed by atoms with Crippen LogP contribution in [-0.2, 0) is 14.9 Å². The molecule has 0 amide bonds. The number of nitriles is 1. The summed E-state index contributed by atoms with van der Waals surface area (Å²) in [5.74, 6) is 0. The van der Waals surface area contributed by atoms with Gasteiger partial charge in [0.25, 0.3) is 10.1 Å². The third-order valence-electron chi connectivity index (χ3n) is 2.15. The quantitative estimate of drug-likeness (QED) is 0.618. The lowest BCUT2D eigenvalue weighted by atomic mass is 10.2. The van der Waals surface area contributed by atoms with Crippen LogP contribution in [-0.4, -0.2) is 32.8 Å². The number of aldehydes is 1. The van der Waals surface area contributed by atoms with Crippen molar-refractivity contribution in [2.45, 2.75) is 4.90 Å². The maximum absolute atomic E-state index is 11.1. The Labute approximate surface area is 98.8 Å². The van der Waals surface area contributed by atoms with Gasteiger partial charge in [-0.1, -0.05) is 0 Å². The van der Waals surface area contributed by atoms with Crippen molar-refractivity contribution in [2.75, 3.05) is 18.5 Å². The van der Waals surface area contributed by atoms with Crippen LogP contribution in [0, 0.1) is 11.3 Å². The minimum absolute atomic E-state index is 0.0802. The average molecular weight is 254 g/mol. The van der Waals surface area contributed by atoms with Gasteiger partial charge in [-0.05, 0) is 18.2 Å². The van der Waals surface area contributed by atoms with Gasteiger partial charge in [-0.2, -0.15) is 13.7 Å². The lowest BCUT2D eigenvalue weighted by Gasteiger charge is -2.16. The number of anilines is 1. The van der Waals surface area contributed by atoms with Gasteiger partial charge in [-0.25, -0.2) is 0 Å². The van der Waals surface area contributed by atoms with E-state index >= 15 is 0 Å². The van der Waals surface area contributed by atoms with Gasteiger partial charge in [0.05, 0.1) is 12.1 Å². The summed E-state index contributed by atoms with van der Waals surface area (Å²) in [7, 11) is -2.87. The van der Waals surface area contributed by atoms with Gasteiger partial charge in [0, 0.05) is 12.7 Å². The highest BCUT2D eigenvalue weighted by molar-refractivity contribution is 7.85. The van der Waals surface area contributed by atoms with Crippen molar-refractivity contribution in [1.82, 2.24) is 0 Å². The summed E-state index contributed by atoms with van der Waals surface area (Å²) < 4.78 is 31.1. The lowest BCUT2D eigenvalue weighted by molar-refractivity contribution is -0.106. The van der Waals surface area contributed by atoms with Gasteiger partial charge < -0.3 is 9.69 Å². The van der Waals surface area contributed by atoms with Crippen LogP contribution in [0.3, 0.4) is 0 Å². The van der Waals surface area contributed by atoms with E-state index in [1.54, 1.807) is 13.1 Å². The molecule has 0 fully saturated rings. The van der Waals surface area contributed by atoms with Gasteiger partial charge in [-0.15, -0.1) is 0 Å². The Morgan fingerprint density at radius 1 is 1.53 bits per heavy atom. The van der Waals surface area contributed by atoms with Crippen LogP contribution in [0.25, 0.3) is 0 Å². The number of nitrogens with zero attached hydrogens (tertiary/aromatic N) is 2. The molecule has 90 valence electrons. The van der Waals surface area contributed by atoms with Crippen molar-refractivity contribution in [1.29, 1.82) is 5.26 Å². The topological polar surface area (TPSA) is 98.5 Å². The molecule has 0 unspecified atom stereocenters. The molecule has 0 saturated carbocycles. The SMILES string of the molecule is CN(CC=O)c1ccc(C#N)c(S(=O)(=O)O)c1. The van der Waals surface area contributed by atoms with E-state index < -0.39 is 15.0 Å². The summed E-state index contributed by atoms with van der Waals surface area (Å²) >= 11 is 0. The Morgan fingerprint density at radius 2 is 2.18 bits per heavy atom. The number of likely N-dealkylation sites (N-methyl/N-ethyl adjacent to an activating group) is 1. The standard InChI is InChI=1S/C10H10N2O4S/c1-12(4-5-13)9-3-2-8(7-11)10(6-9)17(14,15)16/h2-3,5-6H,4H2,1H3,(H,14,15,16). The molecule has 0 bridgehead atoms. The van der Waals surface area contributed by atoms with Crippen molar-refractivity contribution in [3.63, 3.8) is 0 Å². The first-order chi connectivity index (χ1) is 7.90. The van der Waals surface area contributed by atoms with Crippen molar-refractivity contribution >= 4 is 22.1 Å². The molecule has 0 aliphatic heterocycles. The van der Waals surface area contributed by atoms with Crippen LogP contribution in [0.1, 0.15) is 5.56 Å². The zero-order valence-electron chi connectivity index (χ0n) is 8.99. The van der Waals surface area contributed by atoms with Gasteiger partial charge in [-0.3, -0.25) is 4.55 Å². The van der Waals surface area contributed by atoms with E-state index in [9.17, 15) is 13.2 Å². The number of hydrogen-bond donors (Lipinski definition) is 1. The minimum atomic E-state index is -4.45.